The molecule has 0 saturated carbocycles. The van der Waals surface area contributed by atoms with Crippen molar-refractivity contribution in [1.82, 2.24) is 4.98 Å². The van der Waals surface area contributed by atoms with E-state index in [4.69, 9.17) is 10.8 Å². The van der Waals surface area contributed by atoms with E-state index in [9.17, 15) is 8.78 Å². The molecule has 1 aromatic heterocycles. The molecule has 72 valence electrons. The lowest BCUT2D eigenvalue weighted by molar-refractivity contribution is 0.144. The molecule has 0 aliphatic carbocycles. The summed E-state index contributed by atoms with van der Waals surface area (Å²) < 4.78 is 24.6. The monoisotopic (exact) mass is 188 g/mol. The summed E-state index contributed by atoms with van der Waals surface area (Å²) in [5.41, 5.74) is 5.76. The van der Waals surface area contributed by atoms with Gasteiger partial charge in [-0.2, -0.15) is 0 Å². The first kappa shape index (κ1) is 9.85. The van der Waals surface area contributed by atoms with Gasteiger partial charge < -0.3 is 10.8 Å². The van der Waals surface area contributed by atoms with Gasteiger partial charge in [-0.3, -0.25) is 0 Å². The molecule has 5 heteroatoms. The van der Waals surface area contributed by atoms with E-state index >= 15 is 0 Å². The zero-order chi connectivity index (χ0) is 10.0. The molecule has 0 bridgehead atoms. The average Bonchev–Trinajstić information content (AvgIpc) is 2.09. The van der Waals surface area contributed by atoms with Crippen LogP contribution in [-0.4, -0.2) is 10.1 Å². The zero-order valence-corrected chi connectivity index (χ0v) is 7.09. The van der Waals surface area contributed by atoms with Crippen molar-refractivity contribution in [2.45, 2.75) is 20.0 Å². The van der Waals surface area contributed by atoms with E-state index in [1.807, 2.05) is 0 Å². The highest BCUT2D eigenvalue weighted by atomic mass is 19.3. The SMILES string of the molecule is Cc1c(N)cc(CO)nc1C(F)F. The molecule has 0 saturated heterocycles. The number of pyridine rings is 1. The first-order valence-electron chi connectivity index (χ1n) is 3.71. The standard InChI is InChI=1S/C8H10F2N2O/c1-4-6(11)2-5(3-13)12-7(4)8(9)10/h2,8,13H,3H2,1H3,(H2,11,12). The molecule has 13 heavy (non-hydrogen) atoms. The van der Waals surface area contributed by atoms with E-state index in [-0.39, 0.29) is 29.2 Å². The van der Waals surface area contributed by atoms with Crippen molar-refractivity contribution in [2.75, 3.05) is 5.73 Å². The second-order valence-corrected chi connectivity index (χ2v) is 2.67. The lowest BCUT2D eigenvalue weighted by Gasteiger charge is -2.08. The molecule has 3 nitrogen and oxygen atoms in total. The Morgan fingerprint density at radius 1 is 1.62 bits per heavy atom. The van der Waals surface area contributed by atoms with Crippen LogP contribution in [0.3, 0.4) is 0 Å². The molecule has 0 amide bonds. The van der Waals surface area contributed by atoms with Crippen molar-refractivity contribution in [3.05, 3.63) is 23.0 Å². The number of aliphatic hydroxyl groups is 1. The fourth-order valence-electron chi connectivity index (χ4n) is 1.000. The predicted octanol–water partition coefficient (Wildman–Crippen LogP) is 1.40. The number of alkyl halides is 2. The summed E-state index contributed by atoms with van der Waals surface area (Å²) in [5, 5.41) is 8.70. The lowest BCUT2D eigenvalue weighted by Crippen LogP contribution is -2.03. The van der Waals surface area contributed by atoms with Crippen LogP contribution in [0.4, 0.5) is 14.5 Å². The minimum atomic E-state index is -2.66. The Morgan fingerprint density at radius 2 is 2.23 bits per heavy atom. The van der Waals surface area contributed by atoms with Crippen LogP contribution in [0.15, 0.2) is 6.07 Å². The molecule has 3 N–H and O–H groups in total. The maximum Gasteiger partial charge on any atom is 0.280 e. The molecule has 0 aromatic carbocycles. The number of aliphatic hydroxyl groups excluding tert-OH is 1. The van der Waals surface area contributed by atoms with Crippen LogP contribution in [0.5, 0.6) is 0 Å². The second-order valence-electron chi connectivity index (χ2n) is 2.67. The van der Waals surface area contributed by atoms with E-state index in [0.717, 1.165) is 0 Å². The molecule has 0 fully saturated rings. The van der Waals surface area contributed by atoms with Crippen molar-refractivity contribution < 1.29 is 13.9 Å². The average molecular weight is 188 g/mol. The predicted molar refractivity (Wildman–Crippen MR) is 44.3 cm³/mol. The Morgan fingerprint density at radius 3 is 2.69 bits per heavy atom. The molecule has 1 heterocycles. The van der Waals surface area contributed by atoms with Gasteiger partial charge in [0.25, 0.3) is 6.43 Å². The topological polar surface area (TPSA) is 59.1 Å². The number of nitrogens with zero attached hydrogens (tertiary/aromatic N) is 1. The van der Waals surface area contributed by atoms with E-state index < -0.39 is 6.43 Å². The number of hydrogen-bond donors (Lipinski definition) is 2. The Labute approximate surface area is 74.2 Å². The van der Waals surface area contributed by atoms with Crippen LogP contribution >= 0.6 is 0 Å². The fraction of sp³-hybridized carbons (Fsp3) is 0.375. The molecule has 0 atom stereocenters. The highest BCUT2D eigenvalue weighted by Gasteiger charge is 2.15. The van der Waals surface area contributed by atoms with Crippen LogP contribution in [-0.2, 0) is 6.61 Å². The zero-order valence-electron chi connectivity index (χ0n) is 7.09. The van der Waals surface area contributed by atoms with Crippen LogP contribution in [0.1, 0.15) is 23.4 Å². The molecule has 0 unspecified atom stereocenters. The molecular weight excluding hydrogens is 178 g/mol. The normalized spacial score (nSPS) is 10.8. The highest BCUT2D eigenvalue weighted by Crippen LogP contribution is 2.24. The number of aromatic nitrogens is 1. The third kappa shape index (κ3) is 1.92. The number of halogens is 2. The van der Waals surface area contributed by atoms with Crippen LogP contribution in [0.25, 0.3) is 0 Å². The third-order valence-corrected chi connectivity index (χ3v) is 1.77. The van der Waals surface area contributed by atoms with Gasteiger partial charge in [-0.25, -0.2) is 13.8 Å². The highest BCUT2D eigenvalue weighted by molar-refractivity contribution is 5.49. The smallest absolute Gasteiger partial charge is 0.280 e. The Balaban J connectivity index is 3.25. The van der Waals surface area contributed by atoms with Gasteiger partial charge in [0.15, 0.2) is 0 Å². The molecule has 0 aliphatic rings. The summed E-state index contributed by atoms with van der Waals surface area (Å²) in [6.07, 6.45) is -2.66. The molecule has 1 rings (SSSR count). The number of nitrogen functional groups attached to an aromatic ring is 1. The first-order chi connectivity index (χ1) is 6.06. The third-order valence-electron chi connectivity index (χ3n) is 1.77. The quantitative estimate of drug-likeness (QED) is 0.737. The fourth-order valence-corrected chi connectivity index (χ4v) is 1.000. The van der Waals surface area contributed by atoms with Gasteiger partial charge in [0.2, 0.25) is 0 Å². The minimum absolute atomic E-state index is 0.165. The van der Waals surface area contributed by atoms with E-state index in [2.05, 4.69) is 4.98 Å². The van der Waals surface area contributed by atoms with Crippen molar-refractivity contribution in [1.29, 1.82) is 0 Å². The summed E-state index contributed by atoms with van der Waals surface area (Å²) >= 11 is 0. The maximum absolute atomic E-state index is 12.3. The van der Waals surface area contributed by atoms with Gasteiger partial charge in [-0.1, -0.05) is 0 Å². The van der Waals surface area contributed by atoms with E-state index in [0.29, 0.717) is 0 Å². The van der Waals surface area contributed by atoms with Crippen LogP contribution in [0, 0.1) is 6.92 Å². The van der Waals surface area contributed by atoms with Crippen LogP contribution < -0.4 is 5.73 Å². The van der Waals surface area contributed by atoms with Gasteiger partial charge in [0.05, 0.1) is 12.3 Å². The summed E-state index contributed by atoms with van der Waals surface area (Å²) in [6.45, 7) is 1.09. The van der Waals surface area contributed by atoms with Crippen molar-refractivity contribution >= 4 is 5.69 Å². The van der Waals surface area contributed by atoms with Crippen molar-refractivity contribution in [3.63, 3.8) is 0 Å². The van der Waals surface area contributed by atoms with Crippen LogP contribution in [0.2, 0.25) is 0 Å². The minimum Gasteiger partial charge on any atom is -0.398 e. The summed E-state index contributed by atoms with van der Waals surface area (Å²) in [6, 6.07) is 1.39. The Hall–Kier alpha value is -1.23. The second kappa shape index (κ2) is 3.66. The summed E-state index contributed by atoms with van der Waals surface area (Å²) in [5.74, 6) is 0. The van der Waals surface area contributed by atoms with Gasteiger partial charge in [0, 0.05) is 5.69 Å². The summed E-state index contributed by atoms with van der Waals surface area (Å²) in [7, 11) is 0. The molecule has 0 radical (unpaired) electrons. The lowest BCUT2D eigenvalue weighted by atomic mass is 10.1. The molecule has 0 aliphatic heterocycles. The van der Waals surface area contributed by atoms with Gasteiger partial charge in [0.1, 0.15) is 5.69 Å². The largest absolute Gasteiger partial charge is 0.398 e. The number of hydrogen-bond acceptors (Lipinski definition) is 3. The Bertz CT molecular complexity index is 315. The summed E-state index contributed by atoms with van der Waals surface area (Å²) in [4.78, 5) is 3.57. The van der Waals surface area contributed by atoms with E-state index in [1.54, 1.807) is 0 Å². The molecule has 0 spiro atoms. The molecule has 1 aromatic rings. The maximum atomic E-state index is 12.3. The molecular formula is C8H10F2N2O. The first-order valence-corrected chi connectivity index (χ1v) is 3.71. The van der Waals surface area contributed by atoms with Crippen molar-refractivity contribution in [2.24, 2.45) is 0 Å². The number of anilines is 1. The van der Waals surface area contributed by atoms with Gasteiger partial charge >= 0.3 is 0 Å². The van der Waals surface area contributed by atoms with E-state index in [1.165, 1.54) is 13.0 Å². The Kier molecular flexibility index (Phi) is 2.77. The van der Waals surface area contributed by atoms with Crippen molar-refractivity contribution in [3.8, 4) is 0 Å². The van der Waals surface area contributed by atoms with Gasteiger partial charge in [-0.05, 0) is 18.6 Å². The number of nitrogens with two attached hydrogens (primary N) is 1. The number of rotatable bonds is 2. The van der Waals surface area contributed by atoms with Gasteiger partial charge in [-0.15, -0.1) is 0 Å².